The minimum Gasteiger partial charge on any atom is -0.489 e. The molecule has 0 heterocycles. The Morgan fingerprint density at radius 3 is 2.14 bits per heavy atom. The molecule has 3 rings (SSSR count). The molecule has 4 nitrogen and oxygen atoms in total. The number of hydrogen-bond donors (Lipinski definition) is 0. The SMILES string of the molecule is CCC(=O)c1ccc(OC(=O)c2ccc(COc3cccc(C)c3)cc2)cc1. The van der Waals surface area contributed by atoms with Crippen molar-refractivity contribution in [2.75, 3.05) is 0 Å². The molecule has 0 aromatic heterocycles. The van der Waals surface area contributed by atoms with Gasteiger partial charge in [0.2, 0.25) is 0 Å². The fourth-order valence-electron chi connectivity index (χ4n) is 2.69. The van der Waals surface area contributed by atoms with Gasteiger partial charge in [0.15, 0.2) is 5.78 Å². The van der Waals surface area contributed by atoms with E-state index in [0.717, 1.165) is 16.9 Å². The topological polar surface area (TPSA) is 52.6 Å². The summed E-state index contributed by atoms with van der Waals surface area (Å²) in [4.78, 5) is 23.9. The number of aryl methyl sites for hydroxylation is 1. The number of hydrogen-bond acceptors (Lipinski definition) is 4. The van der Waals surface area contributed by atoms with Crippen LogP contribution in [0.5, 0.6) is 11.5 Å². The van der Waals surface area contributed by atoms with Gasteiger partial charge in [0.25, 0.3) is 0 Å². The Hall–Kier alpha value is -3.40. The Labute approximate surface area is 164 Å². The third-order valence-corrected chi connectivity index (χ3v) is 4.29. The Morgan fingerprint density at radius 2 is 1.50 bits per heavy atom. The van der Waals surface area contributed by atoms with Crippen molar-refractivity contribution in [3.05, 3.63) is 95.1 Å². The molecular formula is C24H22O4. The summed E-state index contributed by atoms with van der Waals surface area (Å²) in [5, 5.41) is 0. The summed E-state index contributed by atoms with van der Waals surface area (Å²) in [7, 11) is 0. The van der Waals surface area contributed by atoms with E-state index in [0.29, 0.717) is 29.9 Å². The smallest absolute Gasteiger partial charge is 0.343 e. The molecule has 0 radical (unpaired) electrons. The van der Waals surface area contributed by atoms with Gasteiger partial charge in [-0.15, -0.1) is 0 Å². The van der Waals surface area contributed by atoms with Crippen LogP contribution in [-0.4, -0.2) is 11.8 Å². The fourth-order valence-corrected chi connectivity index (χ4v) is 2.69. The molecule has 0 unspecified atom stereocenters. The number of ether oxygens (including phenoxy) is 2. The molecule has 3 aromatic carbocycles. The predicted octanol–water partition coefficient (Wildman–Crippen LogP) is 5.39. The molecule has 28 heavy (non-hydrogen) atoms. The van der Waals surface area contributed by atoms with Crippen LogP contribution >= 0.6 is 0 Å². The highest BCUT2D eigenvalue weighted by atomic mass is 16.5. The van der Waals surface area contributed by atoms with Crippen LogP contribution in [0.1, 0.15) is 45.2 Å². The number of esters is 1. The third kappa shape index (κ3) is 5.07. The quantitative estimate of drug-likeness (QED) is 0.316. The minimum absolute atomic E-state index is 0.0568. The van der Waals surface area contributed by atoms with E-state index in [1.54, 1.807) is 36.4 Å². The van der Waals surface area contributed by atoms with Crippen LogP contribution in [0.25, 0.3) is 0 Å². The van der Waals surface area contributed by atoms with Gasteiger partial charge in [-0.3, -0.25) is 4.79 Å². The molecule has 0 aliphatic heterocycles. The Kier molecular flexibility index (Phi) is 6.22. The van der Waals surface area contributed by atoms with Crippen LogP contribution in [-0.2, 0) is 6.61 Å². The van der Waals surface area contributed by atoms with Crippen molar-refractivity contribution < 1.29 is 19.1 Å². The van der Waals surface area contributed by atoms with E-state index >= 15 is 0 Å². The zero-order valence-electron chi connectivity index (χ0n) is 16.0. The van der Waals surface area contributed by atoms with Crippen molar-refractivity contribution in [2.45, 2.75) is 26.9 Å². The lowest BCUT2D eigenvalue weighted by molar-refractivity contribution is 0.0734. The number of benzene rings is 3. The van der Waals surface area contributed by atoms with E-state index in [1.807, 2.05) is 50.2 Å². The van der Waals surface area contributed by atoms with Gasteiger partial charge in [-0.2, -0.15) is 0 Å². The van der Waals surface area contributed by atoms with Crippen LogP contribution < -0.4 is 9.47 Å². The van der Waals surface area contributed by atoms with E-state index in [-0.39, 0.29) is 5.78 Å². The van der Waals surface area contributed by atoms with Crippen LogP contribution in [0.2, 0.25) is 0 Å². The van der Waals surface area contributed by atoms with Crippen LogP contribution in [0.3, 0.4) is 0 Å². The minimum atomic E-state index is -0.444. The molecule has 0 amide bonds. The average molecular weight is 374 g/mol. The summed E-state index contributed by atoms with van der Waals surface area (Å²) >= 11 is 0. The third-order valence-electron chi connectivity index (χ3n) is 4.29. The number of rotatable bonds is 7. The first kappa shape index (κ1) is 19.4. The Balaban J connectivity index is 1.58. The van der Waals surface area contributed by atoms with Crippen molar-refractivity contribution in [1.82, 2.24) is 0 Å². The molecule has 0 bridgehead atoms. The van der Waals surface area contributed by atoms with Crippen molar-refractivity contribution >= 4 is 11.8 Å². The van der Waals surface area contributed by atoms with E-state index < -0.39 is 5.97 Å². The summed E-state index contributed by atoms with van der Waals surface area (Å²) < 4.78 is 11.1. The summed E-state index contributed by atoms with van der Waals surface area (Å²) in [6.45, 7) is 4.25. The molecule has 0 N–H and O–H groups in total. The molecule has 3 aromatic rings. The second-order valence-electron chi connectivity index (χ2n) is 6.49. The molecule has 0 fully saturated rings. The van der Waals surface area contributed by atoms with Gasteiger partial charge >= 0.3 is 5.97 Å². The van der Waals surface area contributed by atoms with Gasteiger partial charge in [-0.05, 0) is 66.6 Å². The predicted molar refractivity (Wildman–Crippen MR) is 108 cm³/mol. The first-order valence-corrected chi connectivity index (χ1v) is 9.19. The molecule has 0 aliphatic rings. The Bertz CT molecular complexity index is 957. The lowest BCUT2D eigenvalue weighted by Crippen LogP contribution is -2.09. The normalized spacial score (nSPS) is 10.4. The number of ketones is 1. The number of carbonyl (C=O) groups excluding carboxylic acids is 2. The second-order valence-corrected chi connectivity index (χ2v) is 6.49. The monoisotopic (exact) mass is 374 g/mol. The highest BCUT2D eigenvalue weighted by Gasteiger charge is 2.10. The molecule has 0 saturated heterocycles. The second kappa shape index (κ2) is 9.00. The largest absolute Gasteiger partial charge is 0.489 e. The molecule has 0 aliphatic carbocycles. The summed E-state index contributed by atoms with van der Waals surface area (Å²) in [5.41, 5.74) is 3.16. The maximum atomic E-state index is 12.3. The first-order valence-electron chi connectivity index (χ1n) is 9.19. The van der Waals surface area contributed by atoms with Crippen molar-refractivity contribution in [3.63, 3.8) is 0 Å². The average Bonchev–Trinajstić information content (AvgIpc) is 2.72. The van der Waals surface area contributed by atoms with Gasteiger partial charge in [-0.25, -0.2) is 4.79 Å². The summed E-state index contributed by atoms with van der Waals surface area (Å²) in [6, 6.07) is 21.6. The van der Waals surface area contributed by atoms with Crippen molar-refractivity contribution in [1.29, 1.82) is 0 Å². The highest BCUT2D eigenvalue weighted by molar-refractivity contribution is 5.96. The molecule has 4 heteroatoms. The van der Waals surface area contributed by atoms with Crippen LogP contribution in [0.4, 0.5) is 0 Å². The standard InChI is InChI=1S/C24H22O4/c1-3-23(25)19-11-13-21(14-12-19)28-24(26)20-9-7-18(8-10-20)16-27-22-6-4-5-17(2)15-22/h4-15H,3,16H2,1-2H3. The molecule has 0 saturated carbocycles. The fraction of sp³-hybridized carbons (Fsp3) is 0.167. The van der Waals surface area contributed by atoms with Crippen molar-refractivity contribution in [3.8, 4) is 11.5 Å². The summed E-state index contributed by atoms with van der Waals surface area (Å²) in [5.74, 6) is 0.833. The van der Waals surface area contributed by atoms with Crippen LogP contribution in [0.15, 0.2) is 72.8 Å². The lowest BCUT2D eigenvalue weighted by Gasteiger charge is -2.08. The van der Waals surface area contributed by atoms with Crippen LogP contribution in [0, 0.1) is 6.92 Å². The van der Waals surface area contributed by atoms with E-state index in [9.17, 15) is 9.59 Å². The maximum Gasteiger partial charge on any atom is 0.343 e. The molecule has 142 valence electrons. The summed E-state index contributed by atoms with van der Waals surface area (Å²) in [6.07, 6.45) is 0.444. The highest BCUT2D eigenvalue weighted by Crippen LogP contribution is 2.17. The van der Waals surface area contributed by atoms with Crippen molar-refractivity contribution in [2.24, 2.45) is 0 Å². The van der Waals surface area contributed by atoms with E-state index in [4.69, 9.17) is 9.47 Å². The maximum absolute atomic E-state index is 12.3. The van der Waals surface area contributed by atoms with E-state index in [2.05, 4.69) is 0 Å². The molecule has 0 spiro atoms. The first-order chi connectivity index (χ1) is 13.5. The lowest BCUT2D eigenvalue weighted by atomic mass is 10.1. The van der Waals surface area contributed by atoms with E-state index in [1.165, 1.54) is 0 Å². The van der Waals surface area contributed by atoms with Gasteiger partial charge in [0.1, 0.15) is 18.1 Å². The molecular weight excluding hydrogens is 352 g/mol. The number of carbonyl (C=O) groups is 2. The van der Waals surface area contributed by atoms with Gasteiger partial charge in [0.05, 0.1) is 5.56 Å². The zero-order chi connectivity index (χ0) is 19.9. The number of Topliss-reactive ketones (excluding diaryl/α,β-unsaturated/α-hetero) is 1. The Morgan fingerprint density at radius 1 is 0.821 bits per heavy atom. The van der Waals surface area contributed by atoms with Gasteiger partial charge in [-0.1, -0.05) is 31.2 Å². The molecule has 0 atom stereocenters. The van der Waals surface area contributed by atoms with Gasteiger partial charge < -0.3 is 9.47 Å². The van der Waals surface area contributed by atoms with Gasteiger partial charge in [0, 0.05) is 12.0 Å². The zero-order valence-corrected chi connectivity index (χ0v) is 16.0.